The molecule has 0 unspecified atom stereocenters. The van der Waals surface area contributed by atoms with Crippen LogP contribution in [0.25, 0.3) is 0 Å². The SMILES string of the molecule is CC[C@@H](C)[C@H](NC(=O)OCc1ccccc1)C(=O)N[C@@H](Cc1ccccc1)C(=O)OC. The maximum absolute atomic E-state index is 13.0. The first-order valence-corrected chi connectivity index (χ1v) is 10.3. The van der Waals surface area contributed by atoms with Gasteiger partial charge in [-0.1, -0.05) is 80.9 Å². The summed E-state index contributed by atoms with van der Waals surface area (Å²) in [7, 11) is 1.28. The molecular formula is C24H30N2O5. The summed E-state index contributed by atoms with van der Waals surface area (Å²) in [6.07, 6.45) is 0.241. The number of ether oxygens (including phenoxy) is 2. The van der Waals surface area contributed by atoms with Crippen LogP contribution in [-0.4, -0.2) is 37.2 Å². The van der Waals surface area contributed by atoms with Crippen LogP contribution >= 0.6 is 0 Å². The van der Waals surface area contributed by atoms with E-state index in [4.69, 9.17) is 9.47 Å². The Morgan fingerprint density at radius 1 is 0.903 bits per heavy atom. The van der Waals surface area contributed by atoms with Crippen LogP contribution in [0, 0.1) is 5.92 Å². The van der Waals surface area contributed by atoms with Gasteiger partial charge < -0.3 is 20.1 Å². The Balaban J connectivity index is 2.03. The molecule has 2 aromatic carbocycles. The Kier molecular flexibility index (Phi) is 9.55. The van der Waals surface area contributed by atoms with Crippen molar-refractivity contribution in [1.82, 2.24) is 10.6 Å². The Morgan fingerprint density at radius 3 is 2.03 bits per heavy atom. The lowest BCUT2D eigenvalue weighted by Crippen LogP contribution is -2.54. The fourth-order valence-electron chi connectivity index (χ4n) is 3.04. The highest BCUT2D eigenvalue weighted by molar-refractivity contribution is 5.90. The molecule has 31 heavy (non-hydrogen) atoms. The van der Waals surface area contributed by atoms with Gasteiger partial charge in [0.2, 0.25) is 5.91 Å². The summed E-state index contributed by atoms with van der Waals surface area (Å²) in [5.74, 6) is -1.18. The van der Waals surface area contributed by atoms with E-state index < -0.39 is 30.1 Å². The molecule has 0 bridgehead atoms. The van der Waals surface area contributed by atoms with Gasteiger partial charge in [0.05, 0.1) is 7.11 Å². The van der Waals surface area contributed by atoms with Gasteiger partial charge in [-0.2, -0.15) is 0 Å². The molecule has 166 valence electrons. The molecule has 2 amide bonds. The zero-order valence-corrected chi connectivity index (χ0v) is 18.2. The summed E-state index contributed by atoms with van der Waals surface area (Å²) < 4.78 is 10.1. The number of carbonyl (C=O) groups excluding carboxylic acids is 3. The maximum Gasteiger partial charge on any atom is 0.408 e. The maximum atomic E-state index is 13.0. The summed E-state index contributed by atoms with van der Waals surface area (Å²) in [6, 6.07) is 16.9. The van der Waals surface area contributed by atoms with Crippen LogP contribution in [0.5, 0.6) is 0 Å². The van der Waals surface area contributed by atoms with Gasteiger partial charge in [-0.15, -0.1) is 0 Å². The fourth-order valence-corrected chi connectivity index (χ4v) is 3.04. The number of methoxy groups -OCH3 is 1. The van der Waals surface area contributed by atoms with E-state index in [1.165, 1.54) is 7.11 Å². The lowest BCUT2D eigenvalue weighted by atomic mass is 9.97. The molecule has 0 radical (unpaired) electrons. The first-order chi connectivity index (χ1) is 14.9. The molecule has 0 aliphatic heterocycles. The number of amides is 2. The molecule has 7 heteroatoms. The fraction of sp³-hybridized carbons (Fsp3) is 0.375. The second-order valence-corrected chi connectivity index (χ2v) is 7.34. The zero-order chi connectivity index (χ0) is 22.6. The third-order valence-corrected chi connectivity index (χ3v) is 5.07. The second kappa shape index (κ2) is 12.4. The average molecular weight is 427 g/mol. The first-order valence-electron chi connectivity index (χ1n) is 10.3. The normalized spacial score (nSPS) is 13.4. The molecule has 3 atom stereocenters. The summed E-state index contributed by atoms with van der Waals surface area (Å²) in [4.78, 5) is 37.5. The smallest absolute Gasteiger partial charge is 0.408 e. The summed E-state index contributed by atoms with van der Waals surface area (Å²) in [6.45, 7) is 3.87. The van der Waals surface area contributed by atoms with Crippen molar-refractivity contribution >= 4 is 18.0 Å². The van der Waals surface area contributed by atoms with Crippen LogP contribution in [0.15, 0.2) is 60.7 Å². The standard InChI is InChI=1S/C24H30N2O5/c1-4-17(2)21(26-24(29)31-16-19-13-9-6-10-14-19)22(27)25-20(23(28)30-3)15-18-11-7-5-8-12-18/h5-14,17,20-21H,4,15-16H2,1-3H3,(H,25,27)(H,26,29)/t17-,20+,21+/m1/s1. The number of hydrogen-bond donors (Lipinski definition) is 2. The van der Waals surface area contributed by atoms with Crippen molar-refractivity contribution in [2.24, 2.45) is 5.92 Å². The van der Waals surface area contributed by atoms with E-state index in [0.717, 1.165) is 11.1 Å². The summed E-state index contributed by atoms with van der Waals surface area (Å²) in [5, 5.41) is 5.37. The van der Waals surface area contributed by atoms with E-state index in [9.17, 15) is 14.4 Å². The Morgan fingerprint density at radius 2 is 1.48 bits per heavy atom. The van der Waals surface area contributed by atoms with E-state index in [0.29, 0.717) is 6.42 Å². The number of carbonyl (C=O) groups is 3. The number of alkyl carbamates (subject to hydrolysis) is 1. The second-order valence-electron chi connectivity index (χ2n) is 7.34. The van der Waals surface area contributed by atoms with Gasteiger partial charge in [0, 0.05) is 6.42 Å². The summed E-state index contributed by atoms with van der Waals surface area (Å²) >= 11 is 0. The van der Waals surface area contributed by atoms with Crippen LogP contribution in [0.2, 0.25) is 0 Å². The van der Waals surface area contributed by atoms with Crippen LogP contribution in [0.3, 0.4) is 0 Å². The lowest BCUT2D eigenvalue weighted by Gasteiger charge is -2.25. The molecule has 7 nitrogen and oxygen atoms in total. The largest absolute Gasteiger partial charge is 0.467 e. The molecule has 2 N–H and O–H groups in total. The quantitative estimate of drug-likeness (QED) is 0.569. The van der Waals surface area contributed by atoms with Gasteiger partial charge in [0.25, 0.3) is 0 Å². The number of esters is 1. The third kappa shape index (κ3) is 7.77. The van der Waals surface area contributed by atoms with Gasteiger partial charge in [-0.3, -0.25) is 4.79 Å². The Hall–Kier alpha value is -3.35. The van der Waals surface area contributed by atoms with E-state index >= 15 is 0 Å². The Labute approximate surface area is 183 Å². The van der Waals surface area contributed by atoms with Crippen molar-refractivity contribution in [3.63, 3.8) is 0 Å². The Bertz CT molecular complexity index is 842. The van der Waals surface area contributed by atoms with Crippen molar-refractivity contribution in [2.75, 3.05) is 7.11 Å². The molecule has 0 aromatic heterocycles. The first kappa shape index (κ1) is 23.9. The van der Waals surface area contributed by atoms with Crippen molar-refractivity contribution in [2.45, 2.75) is 45.4 Å². The summed E-state index contributed by atoms with van der Waals surface area (Å²) in [5.41, 5.74) is 1.73. The minimum atomic E-state index is -0.867. The molecule has 0 saturated heterocycles. The molecule has 0 spiro atoms. The van der Waals surface area contributed by atoms with Crippen molar-refractivity contribution in [1.29, 1.82) is 0 Å². The van der Waals surface area contributed by atoms with Gasteiger partial charge in [-0.25, -0.2) is 9.59 Å². The van der Waals surface area contributed by atoms with Crippen molar-refractivity contribution in [3.8, 4) is 0 Å². The average Bonchev–Trinajstić information content (AvgIpc) is 2.81. The number of hydrogen-bond acceptors (Lipinski definition) is 5. The van der Waals surface area contributed by atoms with Crippen molar-refractivity contribution < 1.29 is 23.9 Å². The van der Waals surface area contributed by atoms with Gasteiger partial charge in [0.1, 0.15) is 18.7 Å². The highest BCUT2D eigenvalue weighted by Gasteiger charge is 2.30. The molecule has 2 rings (SSSR count). The molecule has 0 heterocycles. The molecule has 0 fully saturated rings. The highest BCUT2D eigenvalue weighted by atomic mass is 16.5. The predicted molar refractivity (Wildman–Crippen MR) is 117 cm³/mol. The van der Waals surface area contributed by atoms with Crippen LogP contribution < -0.4 is 10.6 Å². The van der Waals surface area contributed by atoms with E-state index in [1.807, 2.05) is 74.5 Å². The van der Waals surface area contributed by atoms with Gasteiger partial charge >= 0.3 is 12.1 Å². The van der Waals surface area contributed by atoms with Crippen LogP contribution in [0.4, 0.5) is 4.79 Å². The number of rotatable bonds is 10. The van der Waals surface area contributed by atoms with E-state index in [2.05, 4.69) is 10.6 Å². The monoisotopic (exact) mass is 426 g/mol. The molecule has 0 aliphatic rings. The van der Waals surface area contributed by atoms with E-state index in [-0.39, 0.29) is 18.9 Å². The minimum Gasteiger partial charge on any atom is -0.467 e. The van der Waals surface area contributed by atoms with Gasteiger partial charge in [0.15, 0.2) is 0 Å². The predicted octanol–water partition coefficient (Wildman–Crippen LogP) is 3.23. The lowest BCUT2D eigenvalue weighted by molar-refractivity contribution is -0.145. The number of benzene rings is 2. The molecule has 2 aromatic rings. The highest BCUT2D eigenvalue weighted by Crippen LogP contribution is 2.11. The van der Waals surface area contributed by atoms with Crippen LogP contribution in [-0.2, 0) is 32.1 Å². The topological polar surface area (TPSA) is 93.7 Å². The number of nitrogens with one attached hydrogen (secondary N) is 2. The minimum absolute atomic E-state index is 0.0975. The molecular weight excluding hydrogens is 396 g/mol. The zero-order valence-electron chi connectivity index (χ0n) is 18.2. The van der Waals surface area contributed by atoms with E-state index in [1.54, 1.807) is 0 Å². The van der Waals surface area contributed by atoms with Crippen molar-refractivity contribution in [3.05, 3.63) is 71.8 Å². The molecule has 0 aliphatic carbocycles. The van der Waals surface area contributed by atoms with Gasteiger partial charge in [-0.05, 0) is 17.0 Å². The third-order valence-electron chi connectivity index (χ3n) is 5.07. The van der Waals surface area contributed by atoms with Crippen LogP contribution in [0.1, 0.15) is 31.4 Å². The molecule has 0 saturated carbocycles.